The maximum atomic E-state index is 13.1. The Hall–Kier alpha value is -3.94. The first-order chi connectivity index (χ1) is 19.1. The number of hydrogen-bond donors (Lipinski definition) is 0. The topological polar surface area (TPSA) is 80.3 Å². The number of benzene rings is 3. The van der Waals surface area contributed by atoms with Crippen molar-refractivity contribution in [2.24, 2.45) is 11.8 Å². The van der Waals surface area contributed by atoms with Crippen molar-refractivity contribution in [2.45, 2.75) is 30.8 Å². The largest absolute Gasteiger partial charge is 0.488 e. The molecule has 3 aromatic carbocycles. The van der Waals surface area contributed by atoms with Crippen molar-refractivity contribution in [3.63, 3.8) is 0 Å². The van der Waals surface area contributed by atoms with E-state index < -0.39 is 17.9 Å². The third-order valence-electron chi connectivity index (χ3n) is 7.57. The summed E-state index contributed by atoms with van der Waals surface area (Å²) in [6, 6.07) is 26.8. The Morgan fingerprint density at radius 3 is 2.28 bits per heavy atom. The van der Waals surface area contributed by atoms with Gasteiger partial charge in [-0.05, 0) is 41.5 Å². The molecule has 0 bridgehead atoms. The summed E-state index contributed by atoms with van der Waals surface area (Å²) in [4.78, 5) is 25.2. The van der Waals surface area contributed by atoms with Crippen LogP contribution in [0.15, 0.2) is 97.1 Å². The zero-order valence-electron chi connectivity index (χ0n) is 21.4. The Kier molecular flexibility index (Phi) is 7.18. The average molecular weight is 527 g/mol. The smallest absolute Gasteiger partial charge is 0.338 e. The minimum absolute atomic E-state index is 0.0829. The van der Waals surface area contributed by atoms with E-state index in [0.29, 0.717) is 30.9 Å². The van der Waals surface area contributed by atoms with Gasteiger partial charge in [-0.25, -0.2) is 4.79 Å². The standard InChI is InChI=1S/C32H30O7/c33-30-19-27-26(15-16-32(36-17-18-37-32)21-35-25-9-5-2-6-10-25)28(20-29(27)38-30)39-31(34)24-13-11-23(12-14-24)22-7-3-1-4-8-22/h1-16,26-29H,17-21H2/b16-15+/t26-,27+,28+,29-/m0/s1. The first-order valence-corrected chi connectivity index (χ1v) is 13.3. The molecule has 7 nitrogen and oxygen atoms in total. The van der Waals surface area contributed by atoms with E-state index in [1.165, 1.54) is 0 Å². The van der Waals surface area contributed by atoms with Crippen LogP contribution in [0.4, 0.5) is 0 Å². The van der Waals surface area contributed by atoms with Gasteiger partial charge in [0.15, 0.2) is 0 Å². The molecule has 4 atom stereocenters. The summed E-state index contributed by atoms with van der Waals surface area (Å²) in [5, 5.41) is 0. The zero-order valence-corrected chi connectivity index (χ0v) is 21.4. The Morgan fingerprint density at radius 2 is 1.56 bits per heavy atom. The maximum absolute atomic E-state index is 13.1. The van der Waals surface area contributed by atoms with Crippen LogP contribution in [0.5, 0.6) is 5.75 Å². The van der Waals surface area contributed by atoms with Gasteiger partial charge < -0.3 is 23.7 Å². The van der Waals surface area contributed by atoms with Gasteiger partial charge >= 0.3 is 11.9 Å². The fourth-order valence-corrected chi connectivity index (χ4v) is 5.58. The minimum Gasteiger partial charge on any atom is -0.488 e. The molecule has 0 aromatic heterocycles. The fraction of sp³-hybridized carbons (Fsp3) is 0.312. The van der Waals surface area contributed by atoms with E-state index >= 15 is 0 Å². The van der Waals surface area contributed by atoms with Gasteiger partial charge in [0.25, 0.3) is 0 Å². The first kappa shape index (κ1) is 25.3. The predicted molar refractivity (Wildman–Crippen MR) is 143 cm³/mol. The van der Waals surface area contributed by atoms with Crippen LogP contribution in [0.1, 0.15) is 23.2 Å². The van der Waals surface area contributed by atoms with Crippen LogP contribution in [-0.2, 0) is 23.7 Å². The molecule has 0 unspecified atom stereocenters. The van der Waals surface area contributed by atoms with Crippen molar-refractivity contribution in [3.8, 4) is 16.9 Å². The third kappa shape index (κ3) is 5.60. The van der Waals surface area contributed by atoms with E-state index in [0.717, 1.165) is 11.1 Å². The minimum atomic E-state index is -1.06. The molecule has 1 aliphatic carbocycles. The van der Waals surface area contributed by atoms with Crippen LogP contribution in [-0.4, -0.2) is 49.8 Å². The van der Waals surface area contributed by atoms with Gasteiger partial charge in [-0.3, -0.25) is 4.79 Å². The molecule has 6 rings (SSSR count). The van der Waals surface area contributed by atoms with Crippen molar-refractivity contribution in [1.82, 2.24) is 0 Å². The number of carbonyl (C=O) groups excluding carboxylic acids is 2. The Balaban J connectivity index is 1.17. The lowest BCUT2D eigenvalue weighted by Crippen LogP contribution is -2.36. The van der Waals surface area contributed by atoms with Crippen LogP contribution >= 0.6 is 0 Å². The molecule has 0 spiro atoms. The van der Waals surface area contributed by atoms with Crippen molar-refractivity contribution in [2.75, 3.05) is 19.8 Å². The second kappa shape index (κ2) is 11.0. The Bertz CT molecular complexity index is 1310. The summed E-state index contributed by atoms with van der Waals surface area (Å²) in [6.07, 6.45) is 3.80. The van der Waals surface area contributed by atoms with E-state index in [-0.39, 0.29) is 36.9 Å². The second-order valence-electron chi connectivity index (χ2n) is 10.1. The summed E-state index contributed by atoms with van der Waals surface area (Å²) < 4.78 is 29.4. The molecule has 2 heterocycles. The summed E-state index contributed by atoms with van der Waals surface area (Å²) in [7, 11) is 0. The monoisotopic (exact) mass is 526 g/mol. The lowest BCUT2D eigenvalue weighted by atomic mass is 9.91. The molecular formula is C32H30O7. The van der Waals surface area contributed by atoms with Crippen molar-refractivity contribution < 1.29 is 33.3 Å². The normalized spacial score (nSPS) is 25.4. The number of rotatable bonds is 8. The zero-order chi connectivity index (χ0) is 26.7. The van der Waals surface area contributed by atoms with Crippen LogP contribution in [0.25, 0.3) is 11.1 Å². The summed E-state index contributed by atoms with van der Waals surface area (Å²) in [6.45, 7) is 1.05. The van der Waals surface area contributed by atoms with Gasteiger partial charge in [0.1, 0.15) is 24.6 Å². The van der Waals surface area contributed by atoms with Gasteiger partial charge in [-0.1, -0.05) is 66.7 Å². The Labute approximate surface area is 227 Å². The maximum Gasteiger partial charge on any atom is 0.338 e. The van der Waals surface area contributed by atoms with E-state index in [9.17, 15) is 9.59 Å². The van der Waals surface area contributed by atoms with Crippen LogP contribution in [0.2, 0.25) is 0 Å². The van der Waals surface area contributed by atoms with Crippen LogP contribution in [0, 0.1) is 11.8 Å². The van der Waals surface area contributed by atoms with Gasteiger partial charge in [-0.15, -0.1) is 0 Å². The Morgan fingerprint density at radius 1 is 0.897 bits per heavy atom. The number of fused-ring (bicyclic) bond motifs is 1. The van der Waals surface area contributed by atoms with Crippen molar-refractivity contribution in [3.05, 3.63) is 103 Å². The fourth-order valence-electron chi connectivity index (χ4n) is 5.58. The van der Waals surface area contributed by atoms with Gasteiger partial charge in [0, 0.05) is 18.3 Å². The quantitative estimate of drug-likeness (QED) is 0.295. The highest BCUT2D eigenvalue weighted by atomic mass is 16.8. The molecule has 3 aromatic rings. The molecule has 1 saturated carbocycles. The number of hydrogen-bond acceptors (Lipinski definition) is 7. The van der Waals surface area contributed by atoms with Crippen LogP contribution in [0.3, 0.4) is 0 Å². The second-order valence-corrected chi connectivity index (χ2v) is 10.1. The van der Waals surface area contributed by atoms with Crippen LogP contribution < -0.4 is 4.74 Å². The molecule has 200 valence electrons. The third-order valence-corrected chi connectivity index (χ3v) is 7.57. The van der Waals surface area contributed by atoms with E-state index in [4.69, 9.17) is 23.7 Å². The van der Waals surface area contributed by atoms with Crippen molar-refractivity contribution in [1.29, 1.82) is 0 Å². The lowest BCUT2D eigenvalue weighted by molar-refractivity contribution is -0.141. The molecule has 3 aliphatic rings. The number of esters is 2. The first-order valence-electron chi connectivity index (χ1n) is 13.3. The molecule has 7 heteroatoms. The number of para-hydroxylation sites is 1. The summed E-state index contributed by atoms with van der Waals surface area (Å²) >= 11 is 0. The predicted octanol–water partition coefficient (Wildman–Crippen LogP) is 5.21. The highest BCUT2D eigenvalue weighted by molar-refractivity contribution is 5.90. The molecule has 0 N–H and O–H groups in total. The van der Waals surface area contributed by atoms with E-state index in [1.54, 1.807) is 12.1 Å². The van der Waals surface area contributed by atoms with E-state index in [1.807, 2.05) is 84.9 Å². The van der Waals surface area contributed by atoms with Crippen molar-refractivity contribution >= 4 is 11.9 Å². The highest BCUT2D eigenvalue weighted by Crippen LogP contribution is 2.44. The molecular weight excluding hydrogens is 496 g/mol. The van der Waals surface area contributed by atoms with E-state index in [2.05, 4.69) is 0 Å². The number of carbonyl (C=O) groups is 2. The van der Waals surface area contributed by atoms with Gasteiger partial charge in [0.2, 0.25) is 5.79 Å². The summed E-state index contributed by atoms with van der Waals surface area (Å²) in [5.41, 5.74) is 2.58. The molecule has 0 radical (unpaired) electrons. The van der Waals surface area contributed by atoms with Gasteiger partial charge in [0.05, 0.1) is 25.2 Å². The molecule has 0 amide bonds. The molecule has 2 aliphatic heterocycles. The lowest BCUT2D eigenvalue weighted by Gasteiger charge is -2.26. The molecule has 39 heavy (non-hydrogen) atoms. The highest BCUT2D eigenvalue weighted by Gasteiger charge is 2.51. The number of ether oxygens (including phenoxy) is 5. The summed E-state index contributed by atoms with van der Waals surface area (Å²) in [5.74, 6) is -1.28. The van der Waals surface area contributed by atoms with Gasteiger partial charge in [-0.2, -0.15) is 0 Å². The average Bonchev–Trinajstić information content (AvgIpc) is 3.67. The molecule has 3 fully saturated rings. The molecule has 2 saturated heterocycles. The SMILES string of the molecule is O=C1C[C@@H]2[C@H](/C=C/C3(COc4ccccc4)OCCO3)[C@H](OC(=O)c3ccc(-c4ccccc4)cc3)C[C@@H]2O1.